The minimum absolute atomic E-state index is 0.212. The van der Waals surface area contributed by atoms with Gasteiger partial charge in [-0.05, 0) is 48.5 Å². The second-order valence-electron chi connectivity index (χ2n) is 6.86. The zero-order chi connectivity index (χ0) is 21.2. The number of hydrogen-bond acceptors (Lipinski definition) is 4. The number of benzene rings is 3. The van der Waals surface area contributed by atoms with Crippen LogP contribution < -0.4 is 0 Å². The Labute approximate surface area is 183 Å². The van der Waals surface area contributed by atoms with Gasteiger partial charge in [0.15, 0.2) is 0 Å². The number of hydrogen-bond donors (Lipinski definition) is 0. The Kier molecular flexibility index (Phi) is 4.90. The van der Waals surface area contributed by atoms with E-state index >= 15 is 0 Å². The summed E-state index contributed by atoms with van der Waals surface area (Å²) in [4.78, 5) is 14.8. The van der Waals surface area contributed by atoms with Gasteiger partial charge < -0.3 is 0 Å². The maximum absolute atomic E-state index is 13.3. The minimum Gasteiger partial charge on any atom is -0.287 e. The van der Waals surface area contributed by atoms with E-state index in [0.717, 1.165) is 11.4 Å². The van der Waals surface area contributed by atoms with Gasteiger partial charge in [0, 0.05) is 16.8 Å². The summed E-state index contributed by atoms with van der Waals surface area (Å²) in [5.41, 5.74) is 3.63. The van der Waals surface area contributed by atoms with Crippen molar-refractivity contribution in [1.29, 1.82) is 0 Å². The van der Waals surface area contributed by atoms with E-state index in [1.807, 2.05) is 60.7 Å². The van der Waals surface area contributed by atoms with Gasteiger partial charge >= 0.3 is 0 Å². The van der Waals surface area contributed by atoms with Gasteiger partial charge in [-0.15, -0.1) is 5.10 Å². The molecule has 2 aromatic heterocycles. The van der Waals surface area contributed by atoms with E-state index in [9.17, 15) is 4.79 Å². The van der Waals surface area contributed by atoms with Crippen molar-refractivity contribution >= 4 is 17.4 Å². The molecule has 0 N–H and O–H groups in total. The number of para-hydroxylation sites is 2. The summed E-state index contributed by atoms with van der Waals surface area (Å²) < 4.78 is 1.68. The molecular weight excluding hydrogens is 410 g/mol. The molecule has 0 bridgehead atoms. The third kappa shape index (κ3) is 3.76. The Bertz CT molecular complexity index is 1340. The topological polar surface area (TPSA) is 65.6 Å². The molecular formula is C24H16ClN5O. The van der Waals surface area contributed by atoms with Crippen molar-refractivity contribution in [3.05, 3.63) is 114 Å². The quantitative estimate of drug-likeness (QED) is 0.371. The van der Waals surface area contributed by atoms with Crippen LogP contribution in [-0.4, -0.2) is 30.6 Å². The molecule has 0 fully saturated rings. The van der Waals surface area contributed by atoms with Crippen LogP contribution in [0.3, 0.4) is 0 Å². The van der Waals surface area contributed by atoms with Gasteiger partial charge in [0.2, 0.25) is 5.78 Å². The lowest BCUT2D eigenvalue weighted by Crippen LogP contribution is -2.05. The zero-order valence-electron chi connectivity index (χ0n) is 16.3. The average molecular weight is 426 g/mol. The molecule has 7 heteroatoms. The molecule has 5 rings (SSSR count). The monoisotopic (exact) mass is 425 g/mol. The SMILES string of the molecule is O=C(c1ccc(Cl)cc1)c1nn(-c2ccccc2)cc1-c1cnn(-c2ccccc2)n1. The highest BCUT2D eigenvalue weighted by molar-refractivity contribution is 6.30. The van der Waals surface area contributed by atoms with Crippen LogP contribution in [-0.2, 0) is 0 Å². The fraction of sp³-hybridized carbons (Fsp3) is 0. The lowest BCUT2D eigenvalue weighted by atomic mass is 10.0. The van der Waals surface area contributed by atoms with E-state index in [1.165, 1.54) is 4.80 Å². The summed E-state index contributed by atoms with van der Waals surface area (Å²) in [6, 6.07) is 26.0. The van der Waals surface area contributed by atoms with Gasteiger partial charge in [0.1, 0.15) is 11.4 Å². The van der Waals surface area contributed by atoms with Gasteiger partial charge in [0.05, 0.1) is 23.1 Å². The normalized spacial score (nSPS) is 10.9. The molecule has 0 aliphatic carbocycles. The number of halogens is 1. The Balaban J connectivity index is 1.62. The first kappa shape index (κ1) is 19.0. The third-order valence-corrected chi connectivity index (χ3v) is 5.06. The summed E-state index contributed by atoms with van der Waals surface area (Å²) in [6.07, 6.45) is 3.44. The van der Waals surface area contributed by atoms with Gasteiger partial charge in [0.25, 0.3) is 0 Å². The second kappa shape index (κ2) is 8.01. The van der Waals surface area contributed by atoms with Gasteiger partial charge in [-0.25, -0.2) is 4.68 Å². The number of aromatic nitrogens is 5. The van der Waals surface area contributed by atoms with E-state index < -0.39 is 0 Å². The average Bonchev–Trinajstić information content (AvgIpc) is 3.48. The summed E-state index contributed by atoms with van der Waals surface area (Å²) in [5.74, 6) is -0.212. The highest BCUT2D eigenvalue weighted by Gasteiger charge is 2.22. The molecule has 0 saturated carbocycles. The smallest absolute Gasteiger partial charge is 0.213 e. The summed E-state index contributed by atoms with van der Waals surface area (Å²) in [7, 11) is 0. The van der Waals surface area contributed by atoms with Gasteiger partial charge in [-0.1, -0.05) is 48.0 Å². The molecule has 5 aromatic rings. The third-order valence-electron chi connectivity index (χ3n) is 4.81. The molecule has 0 atom stereocenters. The maximum Gasteiger partial charge on any atom is 0.213 e. The first-order chi connectivity index (χ1) is 15.2. The first-order valence-corrected chi connectivity index (χ1v) is 10.0. The molecule has 0 spiro atoms. The maximum atomic E-state index is 13.3. The van der Waals surface area contributed by atoms with Crippen LogP contribution in [0.5, 0.6) is 0 Å². The van der Waals surface area contributed by atoms with E-state index in [-0.39, 0.29) is 5.78 Å². The molecule has 0 amide bonds. The first-order valence-electron chi connectivity index (χ1n) is 9.62. The van der Waals surface area contributed by atoms with Crippen molar-refractivity contribution in [2.24, 2.45) is 0 Å². The minimum atomic E-state index is -0.212. The zero-order valence-corrected chi connectivity index (χ0v) is 17.0. The molecule has 6 nitrogen and oxygen atoms in total. The number of nitrogens with zero attached hydrogens (tertiary/aromatic N) is 5. The van der Waals surface area contributed by atoms with Crippen LogP contribution in [0.4, 0.5) is 0 Å². The molecule has 0 aliphatic heterocycles. The van der Waals surface area contributed by atoms with Gasteiger partial charge in [-0.2, -0.15) is 15.0 Å². The Hall–Kier alpha value is -4.03. The molecule has 150 valence electrons. The fourth-order valence-electron chi connectivity index (χ4n) is 3.25. The van der Waals surface area contributed by atoms with E-state index in [0.29, 0.717) is 27.5 Å². The van der Waals surface area contributed by atoms with Crippen LogP contribution in [0.1, 0.15) is 16.1 Å². The van der Waals surface area contributed by atoms with E-state index in [2.05, 4.69) is 15.3 Å². The van der Waals surface area contributed by atoms with Crippen molar-refractivity contribution in [2.45, 2.75) is 0 Å². The summed E-state index contributed by atoms with van der Waals surface area (Å²) in [5, 5.41) is 14.1. The van der Waals surface area contributed by atoms with Crippen molar-refractivity contribution in [3.63, 3.8) is 0 Å². The lowest BCUT2D eigenvalue weighted by molar-refractivity contribution is 0.103. The fourth-order valence-corrected chi connectivity index (χ4v) is 3.38. The molecule has 0 aliphatic rings. The van der Waals surface area contributed by atoms with Crippen LogP contribution in [0.2, 0.25) is 5.02 Å². The highest BCUT2D eigenvalue weighted by Crippen LogP contribution is 2.26. The Morgan fingerprint density at radius 2 is 1.42 bits per heavy atom. The Morgan fingerprint density at radius 3 is 2.10 bits per heavy atom. The van der Waals surface area contributed by atoms with Crippen molar-refractivity contribution < 1.29 is 4.79 Å². The van der Waals surface area contributed by atoms with Crippen LogP contribution in [0.15, 0.2) is 97.3 Å². The largest absolute Gasteiger partial charge is 0.287 e. The van der Waals surface area contributed by atoms with Crippen LogP contribution in [0, 0.1) is 0 Å². The Morgan fingerprint density at radius 1 is 0.774 bits per heavy atom. The van der Waals surface area contributed by atoms with Crippen molar-refractivity contribution in [1.82, 2.24) is 24.8 Å². The van der Waals surface area contributed by atoms with E-state index in [1.54, 1.807) is 41.3 Å². The number of carbonyl (C=O) groups is 1. The predicted molar refractivity (Wildman–Crippen MR) is 119 cm³/mol. The molecule has 0 unspecified atom stereocenters. The number of rotatable bonds is 5. The molecule has 3 aromatic carbocycles. The summed E-state index contributed by atoms with van der Waals surface area (Å²) in [6.45, 7) is 0. The molecule has 0 radical (unpaired) electrons. The molecule has 0 saturated heterocycles. The number of ketones is 1. The number of carbonyl (C=O) groups excluding carboxylic acids is 1. The highest BCUT2D eigenvalue weighted by atomic mass is 35.5. The van der Waals surface area contributed by atoms with Crippen molar-refractivity contribution in [2.75, 3.05) is 0 Å². The summed E-state index contributed by atoms with van der Waals surface area (Å²) >= 11 is 5.98. The molecule has 2 heterocycles. The second-order valence-corrected chi connectivity index (χ2v) is 7.30. The predicted octanol–water partition coefficient (Wildman–Crippen LogP) is 5.00. The van der Waals surface area contributed by atoms with Crippen LogP contribution in [0.25, 0.3) is 22.6 Å². The van der Waals surface area contributed by atoms with Crippen LogP contribution >= 0.6 is 11.6 Å². The van der Waals surface area contributed by atoms with Gasteiger partial charge in [-0.3, -0.25) is 4.79 Å². The molecule has 31 heavy (non-hydrogen) atoms. The standard InChI is InChI=1S/C24H16ClN5O/c25-18-13-11-17(12-14-18)24(31)23-21(16-29(28-23)19-7-3-1-4-8-19)22-15-26-30(27-22)20-9-5-2-6-10-20/h1-16H. The lowest BCUT2D eigenvalue weighted by Gasteiger charge is -2.01. The van der Waals surface area contributed by atoms with E-state index in [4.69, 9.17) is 11.6 Å². The van der Waals surface area contributed by atoms with Crippen molar-refractivity contribution in [3.8, 4) is 22.6 Å².